The van der Waals surface area contributed by atoms with E-state index in [0.29, 0.717) is 25.9 Å². The summed E-state index contributed by atoms with van der Waals surface area (Å²) in [5.74, 6) is 0.0929. The molecule has 1 saturated carbocycles. The second-order valence-corrected chi connectivity index (χ2v) is 8.76. The highest BCUT2D eigenvalue weighted by Crippen LogP contribution is 2.39. The molecule has 2 heterocycles. The summed E-state index contributed by atoms with van der Waals surface area (Å²) in [6, 6.07) is 9.45. The van der Waals surface area contributed by atoms with Crippen LogP contribution in [0.5, 0.6) is 0 Å². The molecular formula is C18H23N3O3S. The maximum atomic E-state index is 12.7. The van der Waals surface area contributed by atoms with Crippen molar-refractivity contribution in [3.63, 3.8) is 0 Å². The SMILES string of the molecule is O=S(=O)(N[C@@H](c1cnc2ccccc2c1)C1CC(O)C1)N1CCCC1. The third-order valence-corrected chi connectivity index (χ3v) is 6.87. The van der Waals surface area contributed by atoms with Gasteiger partial charge in [0.2, 0.25) is 0 Å². The van der Waals surface area contributed by atoms with Gasteiger partial charge in [0.25, 0.3) is 10.2 Å². The first kappa shape index (κ1) is 16.9. The maximum Gasteiger partial charge on any atom is 0.280 e. The van der Waals surface area contributed by atoms with Crippen LogP contribution in [0.25, 0.3) is 10.9 Å². The number of aromatic nitrogens is 1. The molecule has 7 heteroatoms. The van der Waals surface area contributed by atoms with Gasteiger partial charge >= 0.3 is 0 Å². The molecule has 2 N–H and O–H groups in total. The number of hydrogen-bond donors (Lipinski definition) is 2. The number of rotatable bonds is 5. The highest BCUT2D eigenvalue weighted by molar-refractivity contribution is 7.87. The molecule has 4 rings (SSSR count). The standard InChI is InChI=1S/C18H23N3O3S/c22-16-10-14(11-16)18(20-25(23,24)21-7-3-4-8-21)15-9-13-5-1-2-6-17(13)19-12-15/h1-2,5-6,9,12,14,16,18,20,22H,3-4,7-8,10-11H2/t14?,16?,18-/m1/s1. The fourth-order valence-electron chi connectivity index (χ4n) is 3.76. The van der Waals surface area contributed by atoms with E-state index < -0.39 is 10.2 Å². The van der Waals surface area contributed by atoms with Gasteiger partial charge in [-0.2, -0.15) is 17.4 Å². The van der Waals surface area contributed by atoms with E-state index in [1.807, 2.05) is 30.3 Å². The summed E-state index contributed by atoms with van der Waals surface area (Å²) in [7, 11) is -3.53. The van der Waals surface area contributed by atoms with Crippen molar-refractivity contribution in [2.45, 2.75) is 37.8 Å². The zero-order valence-corrected chi connectivity index (χ0v) is 14.8. The quantitative estimate of drug-likeness (QED) is 0.853. The molecule has 0 amide bonds. The Morgan fingerprint density at radius 1 is 1.20 bits per heavy atom. The number of pyridine rings is 1. The van der Waals surface area contributed by atoms with Gasteiger partial charge in [0.15, 0.2) is 0 Å². The average Bonchev–Trinajstić information content (AvgIpc) is 3.12. The molecule has 1 aliphatic carbocycles. The number of aliphatic hydroxyl groups is 1. The number of benzene rings is 1. The number of aliphatic hydroxyl groups excluding tert-OH is 1. The summed E-state index contributed by atoms with van der Waals surface area (Å²) >= 11 is 0. The van der Waals surface area contributed by atoms with Crippen molar-refractivity contribution in [2.75, 3.05) is 13.1 Å². The van der Waals surface area contributed by atoms with Crippen molar-refractivity contribution in [1.29, 1.82) is 0 Å². The Morgan fingerprint density at radius 2 is 1.92 bits per heavy atom. The number of nitrogens with one attached hydrogen (secondary N) is 1. The van der Waals surface area contributed by atoms with Gasteiger partial charge in [-0.15, -0.1) is 0 Å². The van der Waals surface area contributed by atoms with Crippen molar-refractivity contribution in [1.82, 2.24) is 14.0 Å². The second kappa shape index (κ2) is 6.64. The summed E-state index contributed by atoms with van der Waals surface area (Å²) in [6.07, 6.45) is 4.46. The molecule has 2 aliphatic rings. The average molecular weight is 361 g/mol. The highest BCUT2D eigenvalue weighted by Gasteiger charge is 2.38. The molecule has 1 aromatic heterocycles. The predicted octanol–water partition coefficient (Wildman–Crippen LogP) is 1.98. The predicted molar refractivity (Wildman–Crippen MR) is 96.1 cm³/mol. The van der Waals surface area contributed by atoms with Gasteiger partial charge in [0.05, 0.1) is 17.7 Å². The van der Waals surface area contributed by atoms with E-state index in [-0.39, 0.29) is 18.1 Å². The van der Waals surface area contributed by atoms with Crippen LogP contribution in [-0.2, 0) is 10.2 Å². The van der Waals surface area contributed by atoms with E-state index in [1.54, 1.807) is 6.20 Å². The van der Waals surface area contributed by atoms with Crippen LogP contribution in [0.1, 0.15) is 37.3 Å². The fourth-order valence-corrected chi connectivity index (χ4v) is 5.30. The molecule has 1 aromatic carbocycles. The van der Waals surface area contributed by atoms with E-state index in [9.17, 15) is 13.5 Å². The van der Waals surface area contributed by atoms with Gasteiger partial charge in [0, 0.05) is 24.7 Å². The van der Waals surface area contributed by atoms with Crippen LogP contribution in [-0.4, -0.2) is 42.0 Å². The molecule has 1 saturated heterocycles. The highest BCUT2D eigenvalue weighted by atomic mass is 32.2. The summed E-state index contributed by atoms with van der Waals surface area (Å²) in [5.41, 5.74) is 1.75. The molecule has 1 atom stereocenters. The Morgan fingerprint density at radius 3 is 2.64 bits per heavy atom. The van der Waals surface area contributed by atoms with E-state index in [4.69, 9.17) is 0 Å². The zero-order chi connectivity index (χ0) is 17.4. The third kappa shape index (κ3) is 3.42. The number of para-hydroxylation sites is 1. The van der Waals surface area contributed by atoms with Gasteiger partial charge in [-0.3, -0.25) is 4.98 Å². The topological polar surface area (TPSA) is 82.5 Å². The maximum absolute atomic E-state index is 12.7. The molecule has 25 heavy (non-hydrogen) atoms. The minimum atomic E-state index is -3.53. The smallest absolute Gasteiger partial charge is 0.280 e. The molecule has 0 radical (unpaired) electrons. The van der Waals surface area contributed by atoms with Crippen LogP contribution < -0.4 is 4.72 Å². The number of hydrogen-bond acceptors (Lipinski definition) is 4. The lowest BCUT2D eigenvalue weighted by molar-refractivity contribution is 0.0277. The Labute approximate surface area is 148 Å². The van der Waals surface area contributed by atoms with Gasteiger partial charge in [-0.25, -0.2) is 0 Å². The Balaban J connectivity index is 1.65. The lowest BCUT2D eigenvalue weighted by Gasteiger charge is -2.38. The second-order valence-electron chi connectivity index (χ2n) is 7.05. The third-order valence-electron chi connectivity index (χ3n) is 5.27. The number of fused-ring (bicyclic) bond motifs is 1. The Kier molecular flexibility index (Phi) is 4.49. The van der Waals surface area contributed by atoms with Crippen LogP contribution in [0.4, 0.5) is 0 Å². The van der Waals surface area contributed by atoms with E-state index in [1.165, 1.54) is 4.31 Å². The largest absolute Gasteiger partial charge is 0.393 e. The molecule has 0 spiro atoms. The van der Waals surface area contributed by atoms with Crippen molar-refractivity contribution >= 4 is 21.1 Å². The summed E-state index contributed by atoms with van der Waals surface area (Å²) < 4.78 is 29.9. The van der Waals surface area contributed by atoms with Crippen LogP contribution >= 0.6 is 0 Å². The summed E-state index contributed by atoms with van der Waals surface area (Å²) in [5, 5.41) is 10.7. The number of nitrogens with zero attached hydrogens (tertiary/aromatic N) is 2. The minimum Gasteiger partial charge on any atom is -0.393 e. The van der Waals surface area contributed by atoms with Gasteiger partial charge in [-0.05, 0) is 49.3 Å². The molecule has 0 bridgehead atoms. The van der Waals surface area contributed by atoms with E-state index in [0.717, 1.165) is 29.3 Å². The normalized spacial score (nSPS) is 25.8. The first-order chi connectivity index (χ1) is 12.0. The Bertz CT molecular complexity index is 859. The molecule has 0 unspecified atom stereocenters. The Hall–Kier alpha value is -1.54. The summed E-state index contributed by atoms with van der Waals surface area (Å²) in [4.78, 5) is 4.48. The van der Waals surface area contributed by atoms with Gasteiger partial charge in [-0.1, -0.05) is 18.2 Å². The fraction of sp³-hybridized carbons (Fsp3) is 0.500. The van der Waals surface area contributed by atoms with Crippen LogP contribution in [0, 0.1) is 5.92 Å². The molecular weight excluding hydrogens is 338 g/mol. The van der Waals surface area contributed by atoms with Crippen molar-refractivity contribution in [3.8, 4) is 0 Å². The molecule has 2 fully saturated rings. The zero-order valence-electron chi connectivity index (χ0n) is 14.0. The van der Waals surface area contributed by atoms with Crippen LogP contribution in [0.15, 0.2) is 36.5 Å². The van der Waals surface area contributed by atoms with E-state index >= 15 is 0 Å². The molecule has 6 nitrogen and oxygen atoms in total. The van der Waals surface area contributed by atoms with Crippen molar-refractivity contribution in [3.05, 3.63) is 42.1 Å². The lowest BCUT2D eigenvalue weighted by Crippen LogP contribution is -2.46. The molecule has 2 aromatic rings. The minimum absolute atomic E-state index is 0.0929. The first-order valence-electron chi connectivity index (χ1n) is 8.83. The lowest BCUT2D eigenvalue weighted by atomic mass is 9.75. The van der Waals surface area contributed by atoms with Crippen molar-refractivity contribution < 1.29 is 13.5 Å². The molecule has 134 valence electrons. The summed E-state index contributed by atoms with van der Waals surface area (Å²) in [6.45, 7) is 1.15. The van der Waals surface area contributed by atoms with Crippen LogP contribution in [0.2, 0.25) is 0 Å². The van der Waals surface area contributed by atoms with Gasteiger partial charge in [0.1, 0.15) is 0 Å². The molecule has 1 aliphatic heterocycles. The van der Waals surface area contributed by atoms with E-state index in [2.05, 4.69) is 9.71 Å². The monoisotopic (exact) mass is 361 g/mol. The van der Waals surface area contributed by atoms with Crippen LogP contribution in [0.3, 0.4) is 0 Å². The first-order valence-corrected chi connectivity index (χ1v) is 10.3. The van der Waals surface area contributed by atoms with Crippen molar-refractivity contribution in [2.24, 2.45) is 5.92 Å². The van der Waals surface area contributed by atoms with Gasteiger partial charge < -0.3 is 5.11 Å².